The van der Waals surface area contributed by atoms with Crippen molar-refractivity contribution in [2.45, 2.75) is 32.8 Å². The molecule has 140 valence electrons. The second kappa shape index (κ2) is 8.84. The highest BCUT2D eigenvalue weighted by atomic mass is 16.5. The van der Waals surface area contributed by atoms with Crippen LogP contribution in [0.5, 0.6) is 11.5 Å². The maximum Gasteiger partial charge on any atom is 0.285 e. The number of nitrogens with zero attached hydrogens (tertiary/aromatic N) is 2. The van der Waals surface area contributed by atoms with Crippen molar-refractivity contribution in [3.05, 3.63) is 24.3 Å². The highest BCUT2D eigenvalue weighted by molar-refractivity contribution is 6.39. The Morgan fingerprint density at radius 3 is 2.46 bits per heavy atom. The summed E-state index contributed by atoms with van der Waals surface area (Å²) >= 11 is 0. The van der Waals surface area contributed by atoms with Gasteiger partial charge in [0.2, 0.25) is 5.91 Å². The molecule has 0 aliphatic carbocycles. The number of hydrogen-bond donors (Lipinski definition) is 2. The molecule has 1 heterocycles. The quantitative estimate of drug-likeness (QED) is 0.721. The third-order valence-corrected chi connectivity index (χ3v) is 3.59. The summed E-state index contributed by atoms with van der Waals surface area (Å²) < 4.78 is 10.8. The topological polar surface area (TPSA) is 109 Å². The van der Waals surface area contributed by atoms with E-state index < -0.39 is 17.9 Å². The average molecular weight is 362 g/mol. The zero-order chi connectivity index (χ0) is 19.1. The summed E-state index contributed by atoms with van der Waals surface area (Å²) in [6, 6.07) is 6.86. The SMILES string of the molecule is CCOc1ccc(OC(C)C(=O)NNC(=O)C2=NN(C)C(=O)CC2)cc1. The molecule has 0 saturated carbocycles. The molecule has 0 saturated heterocycles. The molecule has 1 atom stereocenters. The monoisotopic (exact) mass is 362 g/mol. The number of ether oxygens (including phenoxy) is 2. The molecule has 2 N–H and O–H groups in total. The van der Waals surface area contributed by atoms with E-state index in [-0.39, 0.29) is 24.5 Å². The summed E-state index contributed by atoms with van der Waals surface area (Å²) in [5.74, 6) is -0.0397. The van der Waals surface area contributed by atoms with E-state index in [9.17, 15) is 14.4 Å². The summed E-state index contributed by atoms with van der Waals surface area (Å²) in [7, 11) is 1.47. The summed E-state index contributed by atoms with van der Waals surface area (Å²) in [4.78, 5) is 35.4. The van der Waals surface area contributed by atoms with Crippen molar-refractivity contribution < 1.29 is 23.9 Å². The Morgan fingerprint density at radius 1 is 1.19 bits per heavy atom. The first-order valence-electron chi connectivity index (χ1n) is 8.24. The van der Waals surface area contributed by atoms with Crippen LogP contribution in [-0.4, -0.2) is 48.2 Å². The maximum absolute atomic E-state index is 12.0. The van der Waals surface area contributed by atoms with Crippen molar-refractivity contribution in [1.82, 2.24) is 15.9 Å². The van der Waals surface area contributed by atoms with Crippen LogP contribution in [0.4, 0.5) is 0 Å². The van der Waals surface area contributed by atoms with E-state index in [0.29, 0.717) is 18.1 Å². The second-order valence-electron chi connectivity index (χ2n) is 5.57. The number of hydrazone groups is 1. The van der Waals surface area contributed by atoms with E-state index in [2.05, 4.69) is 16.0 Å². The smallest absolute Gasteiger partial charge is 0.285 e. The van der Waals surface area contributed by atoms with E-state index >= 15 is 0 Å². The molecular weight excluding hydrogens is 340 g/mol. The first-order chi connectivity index (χ1) is 12.4. The van der Waals surface area contributed by atoms with Gasteiger partial charge in [0.15, 0.2) is 6.10 Å². The van der Waals surface area contributed by atoms with Gasteiger partial charge in [-0.25, -0.2) is 5.01 Å². The molecule has 2 rings (SSSR count). The lowest BCUT2D eigenvalue weighted by atomic mass is 10.1. The first kappa shape index (κ1) is 19.2. The number of nitrogens with one attached hydrogen (secondary N) is 2. The normalized spacial score (nSPS) is 15.0. The number of rotatable bonds is 6. The van der Waals surface area contributed by atoms with Gasteiger partial charge < -0.3 is 9.47 Å². The molecule has 9 heteroatoms. The van der Waals surface area contributed by atoms with E-state index in [0.717, 1.165) is 5.01 Å². The Bertz CT molecular complexity index is 702. The van der Waals surface area contributed by atoms with Crippen LogP contribution in [0.2, 0.25) is 0 Å². The number of benzene rings is 1. The Balaban J connectivity index is 1.82. The first-order valence-corrected chi connectivity index (χ1v) is 8.24. The number of amides is 3. The Labute approximate surface area is 151 Å². The maximum atomic E-state index is 12.0. The molecule has 0 fully saturated rings. The largest absolute Gasteiger partial charge is 0.494 e. The van der Waals surface area contributed by atoms with E-state index in [1.165, 1.54) is 7.05 Å². The standard InChI is InChI=1S/C17H22N4O5/c1-4-25-12-5-7-13(8-6-12)26-11(2)16(23)18-19-17(24)14-9-10-15(22)21(3)20-14/h5-8,11H,4,9-10H2,1-3H3,(H,18,23)(H,19,24). The fraction of sp³-hybridized carbons (Fsp3) is 0.412. The van der Waals surface area contributed by atoms with Gasteiger partial charge in [0.25, 0.3) is 11.8 Å². The molecule has 0 bridgehead atoms. The molecule has 0 spiro atoms. The van der Waals surface area contributed by atoms with Crippen LogP contribution < -0.4 is 20.3 Å². The van der Waals surface area contributed by atoms with Crippen molar-refractivity contribution in [2.24, 2.45) is 5.10 Å². The van der Waals surface area contributed by atoms with Gasteiger partial charge >= 0.3 is 0 Å². The molecule has 26 heavy (non-hydrogen) atoms. The molecule has 1 aromatic carbocycles. The van der Waals surface area contributed by atoms with E-state index in [1.54, 1.807) is 31.2 Å². The predicted molar refractivity (Wildman–Crippen MR) is 93.4 cm³/mol. The van der Waals surface area contributed by atoms with Crippen LogP contribution in [0.3, 0.4) is 0 Å². The minimum atomic E-state index is -0.828. The average Bonchev–Trinajstić information content (AvgIpc) is 2.63. The molecule has 1 aliphatic rings. The van der Waals surface area contributed by atoms with Gasteiger partial charge in [0.05, 0.1) is 6.61 Å². The van der Waals surface area contributed by atoms with Crippen molar-refractivity contribution >= 4 is 23.4 Å². The van der Waals surface area contributed by atoms with E-state index in [1.807, 2.05) is 6.92 Å². The van der Waals surface area contributed by atoms with Crippen LogP contribution in [-0.2, 0) is 14.4 Å². The molecule has 1 aromatic rings. The van der Waals surface area contributed by atoms with Crippen molar-refractivity contribution in [1.29, 1.82) is 0 Å². The van der Waals surface area contributed by atoms with Crippen molar-refractivity contribution in [2.75, 3.05) is 13.7 Å². The van der Waals surface area contributed by atoms with Crippen LogP contribution >= 0.6 is 0 Å². The number of carbonyl (C=O) groups excluding carboxylic acids is 3. The number of carbonyl (C=O) groups is 3. The summed E-state index contributed by atoms with van der Waals surface area (Å²) in [5.41, 5.74) is 4.73. The van der Waals surface area contributed by atoms with Crippen LogP contribution in [0.1, 0.15) is 26.7 Å². The third-order valence-electron chi connectivity index (χ3n) is 3.59. The zero-order valence-electron chi connectivity index (χ0n) is 14.9. The lowest BCUT2D eigenvalue weighted by Crippen LogP contribution is -2.50. The van der Waals surface area contributed by atoms with Gasteiger partial charge in [-0.15, -0.1) is 0 Å². The Kier molecular flexibility index (Phi) is 6.54. The van der Waals surface area contributed by atoms with Crippen molar-refractivity contribution in [3.63, 3.8) is 0 Å². The molecule has 1 unspecified atom stereocenters. The fourth-order valence-electron chi connectivity index (χ4n) is 2.16. The van der Waals surface area contributed by atoms with Gasteiger partial charge in [0, 0.05) is 19.9 Å². The summed E-state index contributed by atoms with van der Waals surface area (Å²) in [6.07, 6.45) is -0.400. The minimum Gasteiger partial charge on any atom is -0.494 e. The van der Waals surface area contributed by atoms with Crippen molar-refractivity contribution in [3.8, 4) is 11.5 Å². The Morgan fingerprint density at radius 2 is 1.85 bits per heavy atom. The minimum absolute atomic E-state index is 0.164. The van der Waals surface area contributed by atoms with E-state index in [4.69, 9.17) is 9.47 Å². The lowest BCUT2D eigenvalue weighted by molar-refractivity contribution is -0.132. The number of hydrazine groups is 1. The van der Waals surface area contributed by atoms with Gasteiger partial charge in [-0.05, 0) is 38.1 Å². The predicted octanol–water partition coefficient (Wildman–Crippen LogP) is 0.608. The molecule has 1 aliphatic heterocycles. The highest BCUT2D eigenvalue weighted by Crippen LogP contribution is 2.18. The van der Waals surface area contributed by atoms with Gasteiger partial charge in [0.1, 0.15) is 17.2 Å². The molecule has 0 aromatic heterocycles. The summed E-state index contributed by atoms with van der Waals surface area (Å²) in [6.45, 7) is 4.01. The molecule has 9 nitrogen and oxygen atoms in total. The number of hydrogen-bond acceptors (Lipinski definition) is 6. The highest BCUT2D eigenvalue weighted by Gasteiger charge is 2.23. The third kappa shape index (κ3) is 5.20. The summed E-state index contributed by atoms with van der Waals surface area (Å²) in [5, 5.41) is 4.98. The Hall–Kier alpha value is -3.10. The van der Waals surface area contributed by atoms with Gasteiger partial charge in [-0.2, -0.15) is 5.10 Å². The van der Waals surface area contributed by atoms with Crippen LogP contribution in [0.25, 0.3) is 0 Å². The van der Waals surface area contributed by atoms with Crippen LogP contribution in [0, 0.1) is 0 Å². The van der Waals surface area contributed by atoms with Crippen LogP contribution in [0.15, 0.2) is 29.4 Å². The molecule has 0 radical (unpaired) electrons. The molecular formula is C17H22N4O5. The zero-order valence-corrected chi connectivity index (χ0v) is 14.9. The fourth-order valence-corrected chi connectivity index (χ4v) is 2.16. The second-order valence-corrected chi connectivity index (χ2v) is 5.57. The van der Waals surface area contributed by atoms with Gasteiger partial charge in [-0.3, -0.25) is 25.2 Å². The lowest BCUT2D eigenvalue weighted by Gasteiger charge is -2.19. The van der Waals surface area contributed by atoms with Gasteiger partial charge in [-0.1, -0.05) is 0 Å². The molecule has 3 amide bonds.